The third-order valence-corrected chi connectivity index (χ3v) is 5.52. The molecule has 150 valence electrons. The van der Waals surface area contributed by atoms with E-state index in [9.17, 15) is 4.55 Å². The van der Waals surface area contributed by atoms with E-state index in [-0.39, 0.29) is 0 Å². The molecule has 3 rings (SSSR count). The van der Waals surface area contributed by atoms with Crippen LogP contribution in [0.2, 0.25) is 0 Å². The van der Waals surface area contributed by atoms with Gasteiger partial charge >= 0.3 is 0 Å². The zero-order valence-electron chi connectivity index (χ0n) is 16.2. The minimum atomic E-state index is -1.50. The first kappa shape index (κ1) is 20.6. The Labute approximate surface area is 171 Å². The van der Waals surface area contributed by atoms with Crippen LogP contribution in [0, 0.1) is 0 Å². The van der Waals surface area contributed by atoms with Crippen molar-refractivity contribution in [3.05, 3.63) is 53.7 Å². The highest BCUT2D eigenvalue weighted by Gasteiger charge is 2.15. The van der Waals surface area contributed by atoms with Crippen LogP contribution in [-0.4, -0.2) is 56.6 Å². The van der Waals surface area contributed by atoms with Crippen LogP contribution in [0.3, 0.4) is 0 Å². The Morgan fingerprint density at radius 3 is 2.82 bits per heavy atom. The van der Waals surface area contributed by atoms with Crippen LogP contribution in [0.25, 0.3) is 0 Å². The number of H-pyrrole nitrogens is 1. The van der Waals surface area contributed by atoms with Crippen LogP contribution in [0.15, 0.2) is 46.1 Å². The van der Waals surface area contributed by atoms with E-state index in [0.717, 1.165) is 35.3 Å². The molecule has 1 N–H and O–H groups in total. The van der Waals surface area contributed by atoms with Crippen molar-refractivity contribution in [1.82, 2.24) is 18.6 Å². The number of nitrogens with one attached hydrogen (secondary N) is 1. The van der Waals surface area contributed by atoms with Crippen molar-refractivity contribution < 1.29 is 8.97 Å². The van der Waals surface area contributed by atoms with Gasteiger partial charge < -0.3 is 18.8 Å². The summed E-state index contributed by atoms with van der Waals surface area (Å²) in [5, 5.41) is 0. The molecule has 0 aromatic carbocycles. The molecule has 0 amide bonds. The summed E-state index contributed by atoms with van der Waals surface area (Å²) in [6, 6.07) is 7.80. The molecule has 3 aromatic heterocycles. The van der Waals surface area contributed by atoms with E-state index in [2.05, 4.69) is 23.6 Å². The Bertz CT molecular complexity index is 935. The van der Waals surface area contributed by atoms with Gasteiger partial charge in [0.25, 0.3) is 0 Å². The molecule has 3 aromatic rings. The van der Waals surface area contributed by atoms with Crippen LogP contribution in [0.1, 0.15) is 11.5 Å². The molecule has 8 nitrogen and oxygen atoms in total. The van der Waals surface area contributed by atoms with Crippen LogP contribution in [0.4, 0.5) is 11.5 Å². The summed E-state index contributed by atoms with van der Waals surface area (Å²) in [5.41, 5.74) is 1.40. The summed E-state index contributed by atoms with van der Waals surface area (Å²) in [7, 11) is 5.89. The van der Waals surface area contributed by atoms with Gasteiger partial charge in [0, 0.05) is 23.4 Å². The Hall–Kier alpha value is -2.14. The lowest BCUT2D eigenvalue weighted by molar-refractivity contribution is 0.344. The molecular weight excluding hydrogens is 396 g/mol. The maximum Gasteiger partial charge on any atom is 0.238 e. The van der Waals surface area contributed by atoms with E-state index >= 15 is 0 Å². The zero-order valence-corrected chi connectivity index (χ0v) is 17.8. The Kier molecular flexibility index (Phi) is 7.26. The Morgan fingerprint density at radius 1 is 1.25 bits per heavy atom. The summed E-state index contributed by atoms with van der Waals surface area (Å²) in [6.07, 6.45) is 3.43. The lowest BCUT2D eigenvalue weighted by Crippen LogP contribution is -2.19. The van der Waals surface area contributed by atoms with Gasteiger partial charge in [-0.15, -0.1) is 4.37 Å². The summed E-state index contributed by atoms with van der Waals surface area (Å²) >= 11 is 0.250. The molecule has 0 aliphatic heterocycles. The standard InChI is InChI=1S/C18H24N6O2S2/c1-23(2)12-15-6-7-16(26-15)13-27-10-9-20-17-18(22-28(25)21-17)24(3)14-5-4-8-19-11-14/h4-8,11H,9-10,12-13H2,1-3H3,(H,20,21). The largest absolute Gasteiger partial charge is 0.548 e. The van der Waals surface area contributed by atoms with Crippen molar-refractivity contribution in [1.29, 1.82) is 0 Å². The van der Waals surface area contributed by atoms with Crippen molar-refractivity contribution in [3.8, 4) is 0 Å². The number of hydrogen-bond donors (Lipinski definition) is 1. The van der Waals surface area contributed by atoms with Crippen LogP contribution in [0.5, 0.6) is 0 Å². The third kappa shape index (κ3) is 5.68. The summed E-state index contributed by atoms with van der Waals surface area (Å²) in [4.78, 5) is 12.5. The number of pyridine rings is 1. The zero-order chi connectivity index (χ0) is 19.9. The predicted molar refractivity (Wildman–Crippen MR) is 112 cm³/mol. The van der Waals surface area contributed by atoms with Crippen molar-refractivity contribution in [2.45, 2.75) is 12.3 Å². The topological polar surface area (TPSA) is 96.6 Å². The molecule has 1 unspecified atom stereocenters. The second-order valence-corrected chi connectivity index (χ2v) is 8.42. The van der Waals surface area contributed by atoms with E-state index in [4.69, 9.17) is 4.42 Å². The van der Waals surface area contributed by atoms with Crippen LogP contribution < -0.4 is 10.4 Å². The van der Waals surface area contributed by atoms with Gasteiger partial charge in [-0.3, -0.25) is 9.98 Å². The van der Waals surface area contributed by atoms with E-state index in [1.165, 1.54) is 0 Å². The summed E-state index contributed by atoms with van der Waals surface area (Å²) in [6.45, 7) is 1.39. The molecule has 0 bridgehead atoms. The molecule has 0 aliphatic rings. The predicted octanol–water partition coefficient (Wildman–Crippen LogP) is 2.79. The summed E-state index contributed by atoms with van der Waals surface area (Å²) in [5.74, 6) is 4.11. The average molecular weight is 421 g/mol. The molecular formula is C18H24N6O2S2. The molecule has 0 saturated carbocycles. The van der Waals surface area contributed by atoms with Gasteiger partial charge in [0.2, 0.25) is 11.3 Å². The van der Waals surface area contributed by atoms with Crippen molar-refractivity contribution in [2.24, 2.45) is 4.99 Å². The van der Waals surface area contributed by atoms with Gasteiger partial charge in [-0.25, -0.2) is 0 Å². The number of furan rings is 1. The van der Waals surface area contributed by atoms with E-state index in [0.29, 0.717) is 17.9 Å². The van der Waals surface area contributed by atoms with Crippen molar-refractivity contribution >= 4 is 34.4 Å². The van der Waals surface area contributed by atoms with E-state index < -0.39 is 11.1 Å². The number of nitrogens with zero attached hydrogens (tertiary/aromatic N) is 5. The van der Waals surface area contributed by atoms with Gasteiger partial charge in [0.05, 0.1) is 30.7 Å². The minimum Gasteiger partial charge on any atom is -0.548 e. The first-order valence-corrected chi connectivity index (χ1v) is 11.0. The fraction of sp³-hybridized carbons (Fsp3) is 0.389. The lowest BCUT2D eigenvalue weighted by atomic mass is 10.4. The van der Waals surface area contributed by atoms with Crippen LogP contribution >= 0.6 is 22.9 Å². The molecule has 10 heteroatoms. The van der Waals surface area contributed by atoms with E-state index in [1.807, 2.05) is 50.3 Å². The highest BCUT2D eigenvalue weighted by Crippen LogP contribution is 2.19. The minimum absolute atomic E-state index is 0.538. The second-order valence-electron chi connectivity index (χ2n) is 6.43. The molecule has 28 heavy (non-hydrogen) atoms. The highest BCUT2D eigenvalue weighted by atomic mass is 32.2. The number of rotatable bonds is 9. The van der Waals surface area contributed by atoms with Gasteiger partial charge in [0.15, 0.2) is 11.1 Å². The average Bonchev–Trinajstić information content (AvgIpc) is 3.27. The smallest absolute Gasteiger partial charge is 0.238 e. The molecule has 0 aliphatic carbocycles. The number of anilines is 2. The molecule has 0 radical (unpaired) electrons. The van der Waals surface area contributed by atoms with Gasteiger partial charge in [-0.2, -0.15) is 11.8 Å². The van der Waals surface area contributed by atoms with Gasteiger partial charge in [-0.1, -0.05) is 0 Å². The fourth-order valence-electron chi connectivity index (χ4n) is 2.56. The second kappa shape index (κ2) is 9.87. The lowest BCUT2D eigenvalue weighted by Gasteiger charge is -2.13. The van der Waals surface area contributed by atoms with Crippen molar-refractivity contribution in [2.75, 3.05) is 38.3 Å². The van der Waals surface area contributed by atoms with Crippen molar-refractivity contribution in [3.63, 3.8) is 0 Å². The maximum atomic E-state index is 11.8. The Balaban J connectivity index is 1.55. The third-order valence-electron chi connectivity index (χ3n) is 3.86. The SMILES string of the molecule is CN(C)Cc1ccc(CSCCN=c2[nH][s+]([O-])nc2N(C)c2cccnc2)o1. The molecule has 0 spiro atoms. The fourth-order valence-corrected chi connectivity index (χ4v) is 4.02. The molecule has 1 atom stereocenters. The molecule has 0 fully saturated rings. The quantitative estimate of drug-likeness (QED) is 0.420. The normalized spacial score (nSPS) is 12.8. The first-order valence-electron chi connectivity index (χ1n) is 8.79. The number of aromatic nitrogens is 3. The summed E-state index contributed by atoms with van der Waals surface area (Å²) < 4.78 is 24.6. The van der Waals surface area contributed by atoms with E-state index in [1.54, 1.807) is 24.2 Å². The Morgan fingerprint density at radius 2 is 2.07 bits per heavy atom. The number of hydrogen-bond acceptors (Lipinski definition) is 8. The van der Waals surface area contributed by atoms with Crippen LogP contribution in [-0.2, 0) is 12.3 Å². The maximum absolute atomic E-state index is 11.8. The first-order chi connectivity index (χ1) is 13.5. The molecule has 0 saturated heterocycles. The molecule has 3 heterocycles. The van der Waals surface area contributed by atoms with Gasteiger partial charge in [0.1, 0.15) is 11.5 Å². The number of aromatic amines is 1. The monoisotopic (exact) mass is 420 g/mol. The number of thioether (sulfide) groups is 1. The highest BCUT2D eigenvalue weighted by molar-refractivity contribution is 7.98. The van der Waals surface area contributed by atoms with Gasteiger partial charge in [-0.05, 0) is 38.4 Å².